The summed E-state index contributed by atoms with van der Waals surface area (Å²) >= 11 is 11.9. The third kappa shape index (κ3) is 2.80. The summed E-state index contributed by atoms with van der Waals surface area (Å²) in [5.41, 5.74) is 6.98. The van der Waals surface area contributed by atoms with E-state index in [2.05, 4.69) is 4.99 Å². The second-order valence-corrected chi connectivity index (χ2v) is 4.36. The minimum Gasteiger partial charge on any atom is -0.480 e. The Kier molecular flexibility index (Phi) is 4.67. The predicted octanol–water partition coefficient (Wildman–Crippen LogP) is 2.26. The number of hydrogen-bond donors (Lipinski definition) is 2. The van der Waals surface area contributed by atoms with Gasteiger partial charge >= 0.3 is 5.97 Å². The molecule has 0 fully saturated rings. The molecule has 3 N–H and O–H groups in total. The van der Waals surface area contributed by atoms with E-state index in [4.69, 9.17) is 34.0 Å². The molecule has 18 heavy (non-hydrogen) atoms. The number of carboxylic acids is 1. The summed E-state index contributed by atoms with van der Waals surface area (Å²) in [6.07, 6.45) is 0. The molecular formula is C10H10Cl3N3O2. The molecule has 0 saturated carbocycles. The van der Waals surface area contributed by atoms with Crippen molar-refractivity contribution in [2.45, 2.75) is 6.54 Å². The number of fused-ring (bicyclic) bond motifs is 1. The van der Waals surface area contributed by atoms with Gasteiger partial charge in [0.1, 0.15) is 6.54 Å². The second-order valence-electron chi connectivity index (χ2n) is 3.58. The van der Waals surface area contributed by atoms with Crippen molar-refractivity contribution in [3.8, 4) is 0 Å². The summed E-state index contributed by atoms with van der Waals surface area (Å²) in [7, 11) is 0. The number of rotatable bonds is 2. The lowest BCUT2D eigenvalue weighted by Gasteiger charge is -2.27. The fraction of sp³-hybridized carbons (Fsp3) is 0.200. The molecule has 1 aromatic carbocycles. The van der Waals surface area contributed by atoms with Crippen LogP contribution < -0.4 is 5.73 Å². The number of benzene rings is 1. The summed E-state index contributed by atoms with van der Waals surface area (Å²) in [5.74, 6) is -0.817. The topological polar surface area (TPSA) is 78.9 Å². The van der Waals surface area contributed by atoms with Gasteiger partial charge in [-0.3, -0.25) is 4.79 Å². The monoisotopic (exact) mass is 309 g/mol. The molecule has 0 aromatic heterocycles. The van der Waals surface area contributed by atoms with Crippen molar-refractivity contribution in [1.82, 2.24) is 4.90 Å². The molecule has 8 heteroatoms. The van der Waals surface area contributed by atoms with E-state index < -0.39 is 5.97 Å². The zero-order valence-electron chi connectivity index (χ0n) is 9.06. The van der Waals surface area contributed by atoms with Crippen LogP contribution in [-0.4, -0.2) is 28.5 Å². The van der Waals surface area contributed by atoms with E-state index in [0.29, 0.717) is 21.3 Å². The smallest absolute Gasteiger partial charge is 0.323 e. The number of guanidine groups is 1. The molecule has 0 spiro atoms. The normalized spacial score (nSPS) is 13.4. The van der Waals surface area contributed by atoms with Crippen LogP contribution in [0, 0.1) is 0 Å². The maximum absolute atomic E-state index is 10.7. The Morgan fingerprint density at radius 2 is 2.17 bits per heavy atom. The van der Waals surface area contributed by atoms with Crippen LogP contribution in [0.3, 0.4) is 0 Å². The van der Waals surface area contributed by atoms with E-state index in [0.717, 1.165) is 0 Å². The Balaban J connectivity index is 0.00000162. The number of aliphatic imine (C=N–C) groups is 1. The van der Waals surface area contributed by atoms with Crippen LogP contribution >= 0.6 is 35.6 Å². The molecule has 0 amide bonds. The minimum absolute atomic E-state index is 0. The molecule has 0 atom stereocenters. The van der Waals surface area contributed by atoms with Crippen molar-refractivity contribution >= 4 is 53.2 Å². The van der Waals surface area contributed by atoms with Crippen LogP contribution in [0.2, 0.25) is 10.0 Å². The van der Waals surface area contributed by atoms with Crippen molar-refractivity contribution in [1.29, 1.82) is 0 Å². The Bertz CT molecular complexity index is 519. The first-order valence-corrected chi connectivity index (χ1v) is 5.52. The van der Waals surface area contributed by atoms with Crippen LogP contribution in [0.25, 0.3) is 0 Å². The highest BCUT2D eigenvalue weighted by atomic mass is 35.5. The number of nitrogens with two attached hydrogens (primary N) is 1. The number of carbonyl (C=O) groups is 1. The fourth-order valence-corrected chi connectivity index (χ4v) is 2.00. The van der Waals surface area contributed by atoms with Crippen LogP contribution in [0.4, 0.5) is 5.69 Å². The van der Waals surface area contributed by atoms with Crippen LogP contribution in [-0.2, 0) is 11.3 Å². The maximum Gasteiger partial charge on any atom is 0.323 e. The van der Waals surface area contributed by atoms with E-state index in [9.17, 15) is 4.79 Å². The van der Waals surface area contributed by atoms with E-state index in [1.54, 1.807) is 12.1 Å². The highest BCUT2D eigenvalue weighted by Crippen LogP contribution is 2.36. The second kappa shape index (κ2) is 5.65. The van der Waals surface area contributed by atoms with Crippen LogP contribution in [0.5, 0.6) is 0 Å². The van der Waals surface area contributed by atoms with Crippen molar-refractivity contribution < 1.29 is 9.90 Å². The lowest BCUT2D eigenvalue weighted by molar-refractivity contribution is -0.137. The number of halogens is 3. The van der Waals surface area contributed by atoms with Gasteiger partial charge in [-0.05, 0) is 12.1 Å². The third-order valence-electron chi connectivity index (χ3n) is 2.41. The maximum atomic E-state index is 10.7. The third-order valence-corrected chi connectivity index (χ3v) is 3.25. The van der Waals surface area contributed by atoms with Gasteiger partial charge in [-0.2, -0.15) is 0 Å². The number of hydrogen-bond acceptors (Lipinski definition) is 4. The molecule has 0 saturated heterocycles. The first-order valence-electron chi connectivity index (χ1n) is 4.77. The van der Waals surface area contributed by atoms with Crippen LogP contribution in [0.15, 0.2) is 17.1 Å². The Hall–Kier alpha value is -1.17. The quantitative estimate of drug-likeness (QED) is 0.878. The lowest BCUT2D eigenvalue weighted by Crippen LogP contribution is -2.41. The summed E-state index contributed by atoms with van der Waals surface area (Å²) in [5, 5.41) is 9.54. The van der Waals surface area contributed by atoms with Gasteiger partial charge in [0.05, 0.1) is 22.3 Å². The van der Waals surface area contributed by atoms with Crippen molar-refractivity contribution in [2.75, 3.05) is 6.54 Å². The van der Waals surface area contributed by atoms with E-state index >= 15 is 0 Å². The van der Waals surface area contributed by atoms with Gasteiger partial charge in [0.15, 0.2) is 5.96 Å². The SMILES string of the molecule is Cl.NC1=Nc2ccc(Cl)c(Cl)c2CN1CC(=O)O. The molecule has 1 heterocycles. The Morgan fingerprint density at radius 3 is 2.78 bits per heavy atom. The fourth-order valence-electron chi connectivity index (χ4n) is 1.60. The average Bonchev–Trinajstić information content (AvgIpc) is 2.25. The number of aliphatic carboxylic acids is 1. The molecule has 2 rings (SSSR count). The van der Waals surface area contributed by atoms with Gasteiger partial charge < -0.3 is 15.7 Å². The molecule has 0 aliphatic carbocycles. The largest absolute Gasteiger partial charge is 0.480 e. The van der Waals surface area contributed by atoms with Crippen LogP contribution in [0.1, 0.15) is 5.56 Å². The predicted molar refractivity (Wildman–Crippen MR) is 73.0 cm³/mol. The molecule has 1 aliphatic rings. The van der Waals surface area contributed by atoms with Gasteiger partial charge in [-0.25, -0.2) is 4.99 Å². The first kappa shape index (κ1) is 14.9. The highest BCUT2D eigenvalue weighted by Gasteiger charge is 2.22. The van der Waals surface area contributed by atoms with E-state index in [1.165, 1.54) is 4.90 Å². The number of carboxylic acid groups (broad SMARTS) is 1. The summed E-state index contributed by atoms with van der Waals surface area (Å²) in [6, 6.07) is 3.33. The highest BCUT2D eigenvalue weighted by molar-refractivity contribution is 6.42. The average molecular weight is 311 g/mol. The molecular weight excluding hydrogens is 300 g/mol. The molecule has 1 aliphatic heterocycles. The van der Waals surface area contributed by atoms with Crippen molar-refractivity contribution in [3.05, 3.63) is 27.7 Å². The van der Waals surface area contributed by atoms with Gasteiger partial charge in [0.25, 0.3) is 0 Å². The Labute approximate surface area is 120 Å². The molecule has 5 nitrogen and oxygen atoms in total. The zero-order valence-corrected chi connectivity index (χ0v) is 11.4. The van der Waals surface area contributed by atoms with E-state index in [-0.39, 0.29) is 31.5 Å². The molecule has 0 radical (unpaired) electrons. The molecule has 0 bridgehead atoms. The zero-order chi connectivity index (χ0) is 12.6. The van der Waals surface area contributed by atoms with E-state index in [1.807, 2.05) is 0 Å². The van der Waals surface area contributed by atoms with Crippen molar-refractivity contribution in [3.63, 3.8) is 0 Å². The minimum atomic E-state index is -0.982. The summed E-state index contributed by atoms with van der Waals surface area (Å²) in [6.45, 7) is 0.0635. The number of nitrogens with zero attached hydrogens (tertiary/aromatic N) is 2. The van der Waals surface area contributed by atoms with Gasteiger partial charge in [0.2, 0.25) is 0 Å². The Morgan fingerprint density at radius 1 is 1.50 bits per heavy atom. The molecule has 0 unspecified atom stereocenters. The van der Waals surface area contributed by atoms with Gasteiger partial charge in [0, 0.05) is 5.56 Å². The van der Waals surface area contributed by atoms with Gasteiger partial charge in [-0.15, -0.1) is 12.4 Å². The molecule has 98 valence electrons. The molecule has 1 aromatic rings. The van der Waals surface area contributed by atoms with Crippen molar-refractivity contribution in [2.24, 2.45) is 10.7 Å². The first-order chi connectivity index (χ1) is 7.99. The lowest BCUT2D eigenvalue weighted by atomic mass is 10.1. The van der Waals surface area contributed by atoms with Gasteiger partial charge in [-0.1, -0.05) is 23.2 Å². The summed E-state index contributed by atoms with van der Waals surface area (Å²) < 4.78 is 0. The standard InChI is InChI=1S/C10H9Cl2N3O2.ClH/c11-6-1-2-7-5(9(6)12)3-15(4-8(16)17)10(13)14-7;/h1-2H,3-4H2,(H2,13,14)(H,16,17);1H. The summed E-state index contributed by atoms with van der Waals surface area (Å²) in [4.78, 5) is 16.2.